The number of rotatable bonds is 5. The van der Waals surface area contributed by atoms with Crippen molar-refractivity contribution in [3.8, 4) is 0 Å². The molecule has 0 aliphatic heterocycles. The van der Waals surface area contributed by atoms with Crippen LogP contribution in [0.15, 0.2) is 25.2 Å². The lowest BCUT2D eigenvalue weighted by atomic mass is 10.7. The van der Waals surface area contributed by atoms with Gasteiger partial charge in [0.05, 0.1) is 31.2 Å². The molecule has 0 saturated heterocycles. The predicted octanol–water partition coefficient (Wildman–Crippen LogP) is 1.95. The molecule has 0 heterocycles. The molecule has 9 heavy (non-hydrogen) atoms. The van der Waals surface area contributed by atoms with E-state index in [0.717, 1.165) is 0 Å². The third-order valence-electron chi connectivity index (χ3n) is 0.645. The third-order valence-corrected chi connectivity index (χ3v) is 1.36. The van der Waals surface area contributed by atoms with Crippen LogP contribution in [-0.2, 0) is 8.92 Å². The fourth-order valence-corrected chi connectivity index (χ4v) is 0.620. The van der Waals surface area contributed by atoms with Gasteiger partial charge in [-0.2, -0.15) is 0 Å². The van der Waals surface area contributed by atoms with Crippen LogP contribution in [0.2, 0.25) is 0 Å². The molecular weight excluding hydrogens is 136 g/mol. The van der Waals surface area contributed by atoms with Crippen molar-refractivity contribution in [1.29, 1.82) is 0 Å². The standard InChI is InChI=1S/C6H10O2S/c1-4-8-9-5-6(2)7-3/h4H,1-2,5H2,3H3. The van der Waals surface area contributed by atoms with Gasteiger partial charge in [-0.15, -0.1) is 0 Å². The first-order chi connectivity index (χ1) is 4.31. The molecule has 2 nitrogen and oxygen atoms in total. The SMILES string of the molecule is C=COSCC(=C)OC. The second kappa shape index (κ2) is 5.56. The summed E-state index contributed by atoms with van der Waals surface area (Å²) >= 11 is 1.24. The quantitative estimate of drug-likeness (QED) is 0.335. The fourth-order valence-electron chi connectivity index (χ4n) is 0.207. The average Bonchev–Trinajstić information content (AvgIpc) is 1.89. The zero-order valence-electron chi connectivity index (χ0n) is 5.42. The summed E-state index contributed by atoms with van der Waals surface area (Å²) in [6.45, 7) is 6.96. The fraction of sp³-hybridized carbons (Fsp3) is 0.333. The van der Waals surface area contributed by atoms with Crippen LogP contribution in [0.4, 0.5) is 0 Å². The Labute approximate surface area is 59.7 Å². The molecule has 0 aromatic rings. The highest BCUT2D eigenvalue weighted by Crippen LogP contribution is 2.07. The molecule has 0 rings (SSSR count). The van der Waals surface area contributed by atoms with E-state index in [9.17, 15) is 0 Å². The maximum Gasteiger partial charge on any atom is 0.102 e. The summed E-state index contributed by atoms with van der Waals surface area (Å²) < 4.78 is 9.51. The maximum absolute atomic E-state index is 4.77. The number of hydrogen-bond donors (Lipinski definition) is 0. The highest BCUT2D eigenvalue weighted by Gasteiger charge is 1.90. The first-order valence-corrected chi connectivity index (χ1v) is 3.33. The van der Waals surface area contributed by atoms with E-state index in [-0.39, 0.29) is 0 Å². The van der Waals surface area contributed by atoms with Crippen LogP contribution in [-0.4, -0.2) is 12.9 Å². The molecule has 0 aliphatic carbocycles. The smallest absolute Gasteiger partial charge is 0.102 e. The summed E-state index contributed by atoms with van der Waals surface area (Å²) in [6, 6.07) is 0. The second-order valence-electron chi connectivity index (χ2n) is 1.27. The maximum atomic E-state index is 4.77. The second-order valence-corrected chi connectivity index (χ2v) is 1.98. The van der Waals surface area contributed by atoms with Gasteiger partial charge in [0.15, 0.2) is 0 Å². The molecular formula is C6H10O2S. The van der Waals surface area contributed by atoms with E-state index in [1.54, 1.807) is 7.11 Å². The van der Waals surface area contributed by atoms with E-state index < -0.39 is 0 Å². The average molecular weight is 146 g/mol. The Morgan fingerprint density at radius 3 is 2.89 bits per heavy atom. The van der Waals surface area contributed by atoms with Crippen molar-refractivity contribution in [2.75, 3.05) is 12.9 Å². The van der Waals surface area contributed by atoms with E-state index in [2.05, 4.69) is 13.2 Å². The summed E-state index contributed by atoms with van der Waals surface area (Å²) in [5.41, 5.74) is 0. The van der Waals surface area contributed by atoms with E-state index in [4.69, 9.17) is 8.92 Å². The van der Waals surface area contributed by atoms with Crippen molar-refractivity contribution in [1.82, 2.24) is 0 Å². The van der Waals surface area contributed by atoms with Crippen LogP contribution >= 0.6 is 12.0 Å². The van der Waals surface area contributed by atoms with Crippen molar-refractivity contribution < 1.29 is 8.92 Å². The molecule has 0 amide bonds. The van der Waals surface area contributed by atoms with Crippen LogP contribution in [0.5, 0.6) is 0 Å². The van der Waals surface area contributed by atoms with Gasteiger partial charge in [0.2, 0.25) is 0 Å². The van der Waals surface area contributed by atoms with Crippen LogP contribution in [0.3, 0.4) is 0 Å². The molecule has 0 N–H and O–H groups in total. The van der Waals surface area contributed by atoms with Crippen molar-refractivity contribution in [3.05, 3.63) is 25.2 Å². The lowest BCUT2D eigenvalue weighted by molar-refractivity contribution is 0.297. The molecule has 0 radical (unpaired) electrons. The lowest BCUT2D eigenvalue weighted by Gasteiger charge is -2.00. The van der Waals surface area contributed by atoms with Gasteiger partial charge >= 0.3 is 0 Å². The molecule has 0 aromatic heterocycles. The van der Waals surface area contributed by atoms with E-state index >= 15 is 0 Å². The monoisotopic (exact) mass is 146 g/mol. The summed E-state index contributed by atoms with van der Waals surface area (Å²) in [4.78, 5) is 0. The van der Waals surface area contributed by atoms with Crippen molar-refractivity contribution in [2.24, 2.45) is 0 Å². The van der Waals surface area contributed by atoms with Crippen LogP contribution in [0, 0.1) is 0 Å². The zero-order valence-corrected chi connectivity index (χ0v) is 6.24. The van der Waals surface area contributed by atoms with Gasteiger partial charge < -0.3 is 8.92 Å². The normalized spacial score (nSPS) is 8.11. The van der Waals surface area contributed by atoms with Crippen LogP contribution in [0.1, 0.15) is 0 Å². The Balaban J connectivity index is 3.06. The molecule has 52 valence electrons. The molecule has 0 bridgehead atoms. The highest BCUT2D eigenvalue weighted by atomic mass is 32.2. The van der Waals surface area contributed by atoms with Gasteiger partial charge in [-0.1, -0.05) is 13.2 Å². The molecule has 0 aromatic carbocycles. The van der Waals surface area contributed by atoms with Crippen molar-refractivity contribution in [3.63, 3.8) is 0 Å². The molecule has 3 heteroatoms. The van der Waals surface area contributed by atoms with Crippen LogP contribution in [0.25, 0.3) is 0 Å². The van der Waals surface area contributed by atoms with E-state index in [1.807, 2.05) is 0 Å². The zero-order chi connectivity index (χ0) is 7.11. The van der Waals surface area contributed by atoms with Gasteiger partial charge in [-0.25, -0.2) is 0 Å². The minimum atomic E-state index is 0.641. The topological polar surface area (TPSA) is 18.5 Å². The summed E-state index contributed by atoms with van der Waals surface area (Å²) in [7, 11) is 1.58. The summed E-state index contributed by atoms with van der Waals surface area (Å²) in [5, 5.41) is 0. The van der Waals surface area contributed by atoms with E-state index in [1.165, 1.54) is 18.3 Å². The number of ether oxygens (including phenoxy) is 1. The van der Waals surface area contributed by atoms with Gasteiger partial charge in [-0.3, -0.25) is 0 Å². The largest absolute Gasteiger partial charge is 0.501 e. The minimum absolute atomic E-state index is 0.641. The Hall–Kier alpha value is -0.570. The van der Waals surface area contributed by atoms with E-state index in [0.29, 0.717) is 11.5 Å². The Kier molecular flexibility index (Phi) is 5.21. The lowest BCUT2D eigenvalue weighted by Crippen LogP contribution is -1.86. The van der Waals surface area contributed by atoms with Gasteiger partial charge in [-0.05, 0) is 0 Å². The third kappa shape index (κ3) is 5.30. The Bertz CT molecular complexity index is 101. The first kappa shape index (κ1) is 8.43. The number of hydrogen-bond acceptors (Lipinski definition) is 3. The first-order valence-electron chi connectivity index (χ1n) is 2.42. The molecule has 0 fully saturated rings. The summed E-state index contributed by atoms with van der Waals surface area (Å²) in [5.74, 6) is 1.34. The number of methoxy groups -OCH3 is 1. The Morgan fingerprint density at radius 1 is 1.78 bits per heavy atom. The molecule has 0 unspecified atom stereocenters. The van der Waals surface area contributed by atoms with Gasteiger partial charge in [0, 0.05) is 0 Å². The molecule has 0 saturated carbocycles. The molecule has 0 atom stereocenters. The molecule has 0 aliphatic rings. The van der Waals surface area contributed by atoms with Gasteiger partial charge in [0.1, 0.15) is 5.76 Å². The predicted molar refractivity (Wildman–Crippen MR) is 39.9 cm³/mol. The molecule has 0 spiro atoms. The minimum Gasteiger partial charge on any atom is -0.501 e. The van der Waals surface area contributed by atoms with Crippen LogP contribution < -0.4 is 0 Å². The highest BCUT2D eigenvalue weighted by molar-refractivity contribution is 7.94. The van der Waals surface area contributed by atoms with Crippen molar-refractivity contribution in [2.45, 2.75) is 0 Å². The summed E-state index contributed by atoms with van der Waals surface area (Å²) in [6.07, 6.45) is 1.37. The van der Waals surface area contributed by atoms with Gasteiger partial charge in [0.25, 0.3) is 0 Å². The van der Waals surface area contributed by atoms with Crippen molar-refractivity contribution >= 4 is 12.0 Å². The Morgan fingerprint density at radius 2 is 2.44 bits per heavy atom.